The second kappa shape index (κ2) is 9.56. The van der Waals surface area contributed by atoms with Crippen molar-refractivity contribution < 1.29 is 23.8 Å². The standard InChI is InChI=1S/C23H27NO5/c1-16-13-21(17(2)24(16)14-20-5-4-12-28-20)22(25)15-29-23(26)11-8-18-6-9-19(27-3)10-7-18/h6-11,13,20H,4-5,12,14-15H2,1-3H3/b11-8+. The molecular weight excluding hydrogens is 370 g/mol. The number of ether oxygens (including phenoxy) is 3. The molecule has 0 radical (unpaired) electrons. The Morgan fingerprint density at radius 3 is 2.66 bits per heavy atom. The highest BCUT2D eigenvalue weighted by Crippen LogP contribution is 2.21. The van der Waals surface area contributed by atoms with Crippen molar-refractivity contribution in [3.8, 4) is 5.75 Å². The van der Waals surface area contributed by atoms with Gasteiger partial charge in [0, 0.05) is 36.2 Å². The largest absolute Gasteiger partial charge is 0.497 e. The molecule has 1 unspecified atom stereocenters. The summed E-state index contributed by atoms with van der Waals surface area (Å²) in [5.41, 5.74) is 3.32. The molecule has 2 aromatic rings. The molecule has 0 aliphatic carbocycles. The molecule has 3 rings (SSSR count). The smallest absolute Gasteiger partial charge is 0.331 e. The Bertz CT molecular complexity index is 889. The van der Waals surface area contributed by atoms with Crippen LogP contribution in [-0.2, 0) is 20.8 Å². The van der Waals surface area contributed by atoms with Crippen LogP contribution in [0.5, 0.6) is 5.75 Å². The average Bonchev–Trinajstić information content (AvgIpc) is 3.34. The number of aromatic nitrogens is 1. The van der Waals surface area contributed by atoms with Gasteiger partial charge in [-0.05, 0) is 56.5 Å². The quantitative estimate of drug-likeness (QED) is 0.386. The van der Waals surface area contributed by atoms with E-state index in [0.29, 0.717) is 5.56 Å². The Morgan fingerprint density at radius 1 is 1.24 bits per heavy atom. The molecule has 154 valence electrons. The molecule has 1 saturated heterocycles. The molecule has 29 heavy (non-hydrogen) atoms. The SMILES string of the molecule is COc1ccc(/C=C/C(=O)OCC(=O)c2cc(C)n(CC3CCCO3)c2C)cc1. The average molecular weight is 397 g/mol. The highest BCUT2D eigenvalue weighted by Gasteiger charge is 2.21. The van der Waals surface area contributed by atoms with Crippen LogP contribution >= 0.6 is 0 Å². The zero-order valence-corrected chi connectivity index (χ0v) is 17.1. The van der Waals surface area contributed by atoms with Crippen LogP contribution in [0.3, 0.4) is 0 Å². The van der Waals surface area contributed by atoms with Gasteiger partial charge >= 0.3 is 5.97 Å². The first-order valence-corrected chi connectivity index (χ1v) is 9.78. The highest BCUT2D eigenvalue weighted by atomic mass is 16.5. The lowest BCUT2D eigenvalue weighted by Crippen LogP contribution is -2.18. The third-order valence-electron chi connectivity index (χ3n) is 5.16. The van der Waals surface area contributed by atoms with Crippen LogP contribution in [-0.4, -0.2) is 42.7 Å². The number of nitrogens with zero attached hydrogens (tertiary/aromatic N) is 1. The minimum absolute atomic E-state index is 0.198. The van der Waals surface area contributed by atoms with E-state index in [9.17, 15) is 9.59 Å². The summed E-state index contributed by atoms with van der Waals surface area (Å²) in [6.45, 7) is 5.16. The minimum atomic E-state index is -0.553. The van der Waals surface area contributed by atoms with Crippen LogP contribution in [0.2, 0.25) is 0 Å². The van der Waals surface area contributed by atoms with Crippen molar-refractivity contribution in [1.29, 1.82) is 0 Å². The summed E-state index contributed by atoms with van der Waals surface area (Å²) in [6.07, 6.45) is 5.27. The second-order valence-electron chi connectivity index (χ2n) is 7.17. The van der Waals surface area contributed by atoms with E-state index >= 15 is 0 Å². The molecule has 0 amide bonds. The summed E-state index contributed by atoms with van der Waals surface area (Å²) >= 11 is 0. The second-order valence-corrected chi connectivity index (χ2v) is 7.17. The first-order valence-electron chi connectivity index (χ1n) is 9.78. The lowest BCUT2D eigenvalue weighted by Gasteiger charge is -2.14. The predicted molar refractivity (Wildman–Crippen MR) is 110 cm³/mol. The van der Waals surface area contributed by atoms with E-state index < -0.39 is 5.97 Å². The Kier molecular flexibility index (Phi) is 6.88. The van der Waals surface area contributed by atoms with E-state index in [2.05, 4.69) is 4.57 Å². The zero-order chi connectivity index (χ0) is 20.8. The molecule has 1 atom stereocenters. The maximum absolute atomic E-state index is 12.6. The van der Waals surface area contributed by atoms with Crippen molar-refractivity contribution in [2.75, 3.05) is 20.3 Å². The van der Waals surface area contributed by atoms with Gasteiger partial charge in [-0.25, -0.2) is 4.79 Å². The van der Waals surface area contributed by atoms with E-state index in [0.717, 1.165) is 48.7 Å². The number of aryl methyl sites for hydroxylation is 1. The molecule has 1 fully saturated rings. The van der Waals surface area contributed by atoms with E-state index in [4.69, 9.17) is 14.2 Å². The number of rotatable bonds is 8. The van der Waals surface area contributed by atoms with Crippen molar-refractivity contribution in [3.05, 3.63) is 58.9 Å². The first kappa shape index (κ1) is 20.9. The maximum atomic E-state index is 12.6. The van der Waals surface area contributed by atoms with Gasteiger partial charge in [0.15, 0.2) is 6.61 Å². The van der Waals surface area contributed by atoms with Crippen molar-refractivity contribution >= 4 is 17.8 Å². The van der Waals surface area contributed by atoms with Crippen LogP contribution in [0.1, 0.15) is 40.2 Å². The molecule has 2 heterocycles. The molecule has 1 aliphatic rings. The molecule has 6 heteroatoms. The summed E-state index contributed by atoms with van der Waals surface area (Å²) in [6, 6.07) is 9.13. The summed E-state index contributed by atoms with van der Waals surface area (Å²) in [7, 11) is 1.60. The van der Waals surface area contributed by atoms with E-state index in [1.54, 1.807) is 25.3 Å². The maximum Gasteiger partial charge on any atom is 0.331 e. The Hall–Kier alpha value is -2.86. The molecule has 1 aromatic heterocycles. The number of carbonyl (C=O) groups is 2. The molecule has 1 aromatic carbocycles. The van der Waals surface area contributed by atoms with Gasteiger partial charge in [0.25, 0.3) is 0 Å². The van der Waals surface area contributed by atoms with Gasteiger partial charge in [-0.15, -0.1) is 0 Å². The third kappa shape index (κ3) is 5.35. The summed E-state index contributed by atoms with van der Waals surface area (Å²) in [5.74, 6) is -0.0161. The Morgan fingerprint density at radius 2 is 2.00 bits per heavy atom. The Balaban J connectivity index is 1.55. The number of Topliss-reactive ketones (excluding diaryl/α,β-unsaturated/α-hetero) is 1. The zero-order valence-electron chi connectivity index (χ0n) is 17.1. The van der Waals surface area contributed by atoms with Crippen molar-refractivity contribution in [3.63, 3.8) is 0 Å². The summed E-state index contributed by atoms with van der Waals surface area (Å²) < 4.78 is 18.0. The summed E-state index contributed by atoms with van der Waals surface area (Å²) in [4.78, 5) is 24.5. The third-order valence-corrected chi connectivity index (χ3v) is 5.16. The van der Waals surface area contributed by atoms with Crippen LogP contribution in [0.25, 0.3) is 6.08 Å². The van der Waals surface area contributed by atoms with Gasteiger partial charge in [0.1, 0.15) is 5.75 Å². The van der Waals surface area contributed by atoms with Gasteiger partial charge in [0.2, 0.25) is 5.78 Å². The van der Waals surface area contributed by atoms with Gasteiger partial charge in [-0.1, -0.05) is 12.1 Å². The number of carbonyl (C=O) groups excluding carboxylic acids is 2. The molecule has 6 nitrogen and oxygen atoms in total. The van der Waals surface area contributed by atoms with E-state index in [-0.39, 0.29) is 18.5 Å². The fraction of sp³-hybridized carbons (Fsp3) is 0.391. The fourth-order valence-corrected chi connectivity index (χ4v) is 3.50. The van der Waals surface area contributed by atoms with E-state index in [1.165, 1.54) is 6.08 Å². The summed E-state index contributed by atoms with van der Waals surface area (Å²) in [5, 5.41) is 0. The lowest BCUT2D eigenvalue weighted by atomic mass is 10.1. The van der Waals surface area contributed by atoms with Gasteiger partial charge < -0.3 is 18.8 Å². The van der Waals surface area contributed by atoms with Crippen molar-refractivity contribution in [2.45, 2.75) is 39.3 Å². The van der Waals surface area contributed by atoms with E-state index in [1.807, 2.05) is 32.0 Å². The molecule has 0 bridgehead atoms. The number of hydrogen-bond acceptors (Lipinski definition) is 5. The number of methoxy groups -OCH3 is 1. The molecule has 0 saturated carbocycles. The van der Waals surface area contributed by atoms with Crippen molar-refractivity contribution in [2.24, 2.45) is 0 Å². The monoisotopic (exact) mass is 397 g/mol. The number of esters is 1. The topological polar surface area (TPSA) is 66.8 Å². The normalized spacial score (nSPS) is 16.3. The molecule has 1 aliphatic heterocycles. The number of hydrogen-bond donors (Lipinski definition) is 0. The Labute approximate surface area is 171 Å². The lowest BCUT2D eigenvalue weighted by molar-refractivity contribution is -0.136. The molecule has 0 N–H and O–H groups in total. The van der Waals surface area contributed by atoms with Gasteiger partial charge in [0.05, 0.1) is 13.2 Å². The van der Waals surface area contributed by atoms with Gasteiger partial charge in [-0.2, -0.15) is 0 Å². The van der Waals surface area contributed by atoms with Crippen LogP contribution in [0.4, 0.5) is 0 Å². The fourth-order valence-electron chi connectivity index (χ4n) is 3.50. The van der Waals surface area contributed by atoms with Crippen LogP contribution in [0, 0.1) is 13.8 Å². The van der Waals surface area contributed by atoms with Crippen LogP contribution in [0.15, 0.2) is 36.4 Å². The predicted octanol–water partition coefficient (Wildman–Crippen LogP) is 3.73. The molecule has 0 spiro atoms. The van der Waals surface area contributed by atoms with Crippen molar-refractivity contribution in [1.82, 2.24) is 4.57 Å². The van der Waals surface area contributed by atoms with Crippen LogP contribution < -0.4 is 4.74 Å². The molecular formula is C23H27NO5. The van der Waals surface area contributed by atoms with Gasteiger partial charge in [-0.3, -0.25) is 4.79 Å². The minimum Gasteiger partial charge on any atom is -0.497 e. The first-order chi connectivity index (χ1) is 14.0. The highest BCUT2D eigenvalue weighted by molar-refractivity contribution is 6.00. The number of ketones is 1. The number of benzene rings is 1.